The third-order valence-corrected chi connectivity index (χ3v) is 5.45. The van der Waals surface area contributed by atoms with Gasteiger partial charge in [-0.25, -0.2) is 8.42 Å². The van der Waals surface area contributed by atoms with Gasteiger partial charge in [0.2, 0.25) is 10.0 Å². The summed E-state index contributed by atoms with van der Waals surface area (Å²) in [5, 5.41) is 0. The Labute approximate surface area is 173 Å². The average Bonchev–Trinajstić information content (AvgIpc) is 2.64. The smallest absolute Gasteiger partial charge is 0.324 e. The van der Waals surface area contributed by atoms with Crippen molar-refractivity contribution in [2.75, 3.05) is 0 Å². The maximum atomic E-state index is 12.6. The molecule has 1 atom stereocenters. The van der Waals surface area contributed by atoms with Crippen LogP contribution < -0.4 is 4.72 Å². The van der Waals surface area contributed by atoms with Crippen molar-refractivity contribution in [2.24, 2.45) is 0 Å². The predicted molar refractivity (Wildman–Crippen MR) is 114 cm³/mol. The summed E-state index contributed by atoms with van der Waals surface area (Å²) in [6.07, 6.45) is 0.286. The monoisotopic (exact) mass is 413 g/mol. The fourth-order valence-electron chi connectivity index (χ4n) is 2.42. The molecule has 0 aliphatic carbocycles. The van der Waals surface area contributed by atoms with Gasteiger partial charge in [-0.1, -0.05) is 36.5 Å². The molecule has 0 saturated carbocycles. The molecule has 0 spiro atoms. The van der Waals surface area contributed by atoms with Gasteiger partial charge in [0.15, 0.2) is 0 Å². The molecule has 5 nitrogen and oxygen atoms in total. The second-order valence-electron chi connectivity index (χ2n) is 7.76. The Kier molecular flexibility index (Phi) is 7.23. The van der Waals surface area contributed by atoms with Gasteiger partial charge in [-0.3, -0.25) is 4.79 Å². The van der Waals surface area contributed by atoms with Crippen LogP contribution in [0.5, 0.6) is 0 Å². The molecule has 29 heavy (non-hydrogen) atoms. The Balaban J connectivity index is 2.13. The molecule has 0 aromatic heterocycles. The second kappa shape index (κ2) is 9.25. The molecule has 1 N–H and O–H groups in total. The van der Waals surface area contributed by atoms with Crippen molar-refractivity contribution in [3.05, 3.63) is 65.2 Å². The predicted octanol–water partition coefficient (Wildman–Crippen LogP) is 3.79. The molecule has 2 rings (SSSR count). The summed E-state index contributed by atoms with van der Waals surface area (Å²) in [4.78, 5) is 12.3. The first-order valence-corrected chi connectivity index (χ1v) is 10.9. The number of esters is 1. The van der Waals surface area contributed by atoms with Crippen molar-refractivity contribution in [2.45, 2.75) is 57.6 Å². The first kappa shape index (κ1) is 22.7. The van der Waals surface area contributed by atoms with Crippen molar-refractivity contribution in [3.8, 4) is 11.8 Å². The van der Waals surface area contributed by atoms with Crippen molar-refractivity contribution >= 4 is 16.0 Å². The summed E-state index contributed by atoms with van der Waals surface area (Å²) in [5.41, 5.74) is 2.06. The highest BCUT2D eigenvalue weighted by Gasteiger charge is 2.28. The van der Waals surface area contributed by atoms with E-state index in [-0.39, 0.29) is 11.3 Å². The SMILES string of the molecule is CC[C@@H](NS(=O)(=O)c1ccc(C#Cc2ccc(C)cc2)cc1)C(=O)OC(C)(C)C. The Morgan fingerprint density at radius 3 is 1.93 bits per heavy atom. The van der Waals surface area contributed by atoms with E-state index >= 15 is 0 Å². The molecule has 0 radical (unpaired) electrons. The van der Waals surface area contributed by atoms with Gasteiger partial charge >= 0.3 is 5.97 Å². The second-order valence-corrected chi connectivity index (χ2v) is 9.47. The largest absolute Gasteiger partial charge is 0.459 e. The van der Waals surface area contributed by atoms with Crippen LogP contribution in [0.15, 0.2) is 53.4 Å². The molecule has 6 heteroatoms. The van der Waals surface area contributed by atoms with Crippen LogP contribution in [-0.2, 0) is 19.6 Å². The van der Waals surface area contributed by atoms with Gasteiger partial charge in [0, 0.05) is 11.1 Å². The van der Waals surface area contributed by atoms with E-state index in [4.69, 9.17) is 4.74 Å². The molecule has 0 amide bonds. The van der Waals surface area contributed by atoms with Gasteiger partial charge in [0.25, 0.3) is 0 Å². The van der Waals surface area contributed by atoms with Crippen molar-refractivity contribution < 1.29 is 17.9 Å². The normalized spacial score (nSPS) is 12.6. The van der Waals surface area contributed by atoms with Gasteiger partial charge in [-0.05, 0) is 70.5 Å². The minimum Gasteiger partial charge on any atom is -0.459 e. The maximum absolute atomic E-state index is 12.6. The number of rotatable bonds is 5. The number of nitrogens with one attached hydrogen (secondary N) is 1. The Bertz CT molecular complexity index is 1010. The summed E-state index contributed by atoms with van der Waals surface area (Å²) < 4.78 is 33.0. The van der Waals surface area contributed by atoms with Crippen molar-refractivity contribution in [1.29, 1.82) is 0 Å². The highest BCUT2D eigenvalue weighted by atomic mass is 32.2. The van der Waals surface area contributed by atoms with Crippen LogP contribution in [0, 0.1) is 18.8 Å². The van der Waals surface area contributed by atoms with Crippen LogP contribution in [0.1, 0.15) is 50.8 Å². The molecule has 0 unspecified atom stereocenters. The van der Waals surface area contributed by atoms with Gasteiger partial charge in [0.1, 0.15) is 11.6 Å². The minimum atomic E-state index is -3.86. The lowest BCUT2D eigenvalue weighted by Crippen LogP contribution is -2.43. The van der Waals surface area contributed by atoms with E-state index < -0.39 is 27.6 Å². The Morgan fingerprint density at radius 1 is 1.00 bits per heavy atom. The average molecular weight is 414 g/mol. The van der Waals surface area contributed by atoms with E-state index in [9.17, 15) is 13.2 Å². The standard InChI is InChI=1S/C23H27NO4S/c1-6-21(22(25)28-23(3,4)5)24-29(26,27)20-15-13-19(14-16-20)12-11-18-9-7-17(2)8-10-18/h7-10,13-16,21,24H,6H2,1-5H3/t21-/m1/s1. The minimum absolute atomic E-state index is 0.0698. The quantitative estimate of drug-likeness (QED) is 0.598. The van der Waals surface area contributed by atoms with Crippen LogP contribution >= 0.6 is 0 Å². The molecular weight excluding hydrogens is 386 g/mol. The molecule has 0 saturated heterocycles. The first-order valence-electron chi connectivity index (χ1n) is 9.44. The van der Waals surface area contributed by atoms with Crippen LogP contribution in [0.25, 0.3) is 0 Å². The lowest BCUT2D eigenvalue weighted by Gasteiger charge is -2.23. The van der Waals surface area contributed by atoms with Gasteiger partial charge in [0.05, 0.1) is 4.90 Å². The van der Waals surface area contributed by atoms with E-state index in [1.54, 1.807) is 39.8 Å². The fraction of sp³-hybridized carbons (Fsp3) is 0.348. The van der Waals surface area contributed by atoms with Crippen LogP contribution in [-0.4, -0.2) is 26.0 Å². The van der Waals surface area contributed by atoms with Gasteiger partial charge < -0.3 is 4.74 Å². The fourth-order valence-corrected chi connectivity index (χ4v) is 3.69. The number of aryl methyl sites for hydroxylation is 1. The Hall–Kier alpha value is -2.62. The highest BCUT2D eigenvalue weighted by molar-refractivity contribution is 7.89. The number of ether oxygens (including phenoxy) is 1. The zero-order valence-corrected chi connectivity index (χ0v) is 18.3. The Morgan fingerprint density at radius 2 is 1.48 bits per heavy atom. The molecule has 2 aromatic rings. The van der Waals surface area contributed by atoms with Crippen LogP contribution in [0.4, 0.5) is 0 Å². The van der Waals surface area contributed by atoms with Crippen LogP contribution in [0.3, 0.4) is 0 Å². The number of carbonyl (C=O) groups excluding carboxylic acids is 1. The van der Waals surface area contributed by atoms with Gasteiger partial charge in [-0.15, -0.1) is 0 Å². The molecular formula is C23H27NO4S. The summed E-state index contributed by atoms with van der Waals surface area (Å²) in [6, 6.07) is 13.1. The topological polar surface area (TPSA) is 72.5 Å². The van der Waals surface area contributed by atoms with E-state index in [2.05, 4.69) is 16.6 Å². The zero-order valence-electron chi connectivity index (χ0n) is 17.4. The molecule has 0 aliphatic heterocycles. The summed E-state index contributed by atoms with van der Waals surface area (Å²) in [6.45, 7) is 8.95. The van der Waals surface area contributed by atoms with Crippen LogP contribution in [0.2, 0.25) is 0 Å². The molecule has 0 bridgehead atoms. The third-order valence-electron chi connectivity index (χ3n) is 3.96. The number of carbonyl (C=O) groups is 1. The van der Waals surface area contributed by atoms with E-state index in [0.717, 1.165) is 11.1 Å². The molecule has 2 aromatic carbocycles. The molecule has 0 heterocycles. The first-order chi connectivity index (χ1) is 13.5. The maximum Gasteiger partial charge on any atom is 0.324 e. The number of sulfonamides is 1. The number of benzene rings is 2. The molecule has 154 valence electrons. The number of hydrogen-bond donors (Lipinski definition) is 1. The summed E-state index contributed by atoms with van der Waals surface area (Å²) >= 11 is 0. The van der Waals surface area contributed by atoms with E-state index in [1.165, 1.54) is 12.1 Å². The van der Waals surface area contributed by atoms with Crippen molar-refractivity contribution in [1.82, 2.24) is 4.72 Å². The van der Waals surface area contributed by atoms with Crippen molar-refractivity contribution in [3.63, 3.8) is 0 Å². The zero-order chi connectivity index (χ0) is 21.7. The third kappa shape index (κ3) is 7.04. The van der Waals surface area contributed by atoms with E-state index in [1.807, 2.05) is 31.2 Å². The molecule has 0 aliphatic rings. The van der Waals surface area contributed by atoms with Gasteiger partial charge in [-0.2, -0.15) is 4.72 Å². The molecule has 0 fully saturated rings. The summed E-state index contributed by atoms with van der Waals surface area (Å²) in [7, 11) is -3.86. The van der Waals surface area contributed by atoms with E-state index in [0.29, 0.717) is 5.56 Å². The lowest BCUT2D eigenvalue weighted by atomic mass is 10.1. The number of hydrogen-bond acceptors (Lipinski definition) is 4. The summed E-state index contributed by atoms with van der Waals surface area (Å²) in [5.74, 6) is 5.47. The lowest BCUT2D eigenvalue weighted by molar-refractivity contribution is -0.157. The highest BCUT2D eigenvalue weighted by Crippen LogP contribution is 2.14.